The molecule has 2 aliphatic rings. The molecule has 0 aliphatic heterocycles. The van der Waals surface area contributed by atoms with E-state index in [1.165, 1.54) is 60.8 Å². The van der Waals surface area contributed by atoms with Crippen molar-refractivity contribution >= 4 is 21.8 Å². The van der Waals surface area contributed by atoms with Crippen molar-refractivity contribution < 1.29 is 0 Å². The zero-order valence-corrected chi connectivity index (χ0v) is 28.1. The van der Waals surface area contributed by atoms with Crippen LogP contribution in [0.15, 0.2) is 140 Å². The summed E-state index contributed by atoms with van der Waals surface area (Å²) < 4.78 is 2.32. The molecule has 2 aromatic heterocycles. The van der Waals surface area contributed by atoms with Gasteiger partial charge in [-0.15, -0.1) is 0 Å². The second-order valence-corrected chi connectivity index (χ2v) is 14.6. The lowest BCUT2D eigenvalue weighted by molar-refractivity contribution is 0.660. The average Bonchev–Trinajstić information content (AvgIpc) is 3.69. The molecular formula is C46H35N3. The van der Waals surface area contributed by atoms with Gasteiger partial charge in [-0.2, -0.15) is 0 Å². The zero-order valence-electron chi connectivity index (χ0n) is 28.1. The summed E-state index contributed by atoms with van der Waals surface area (Å²) in [4.78, 5) is 10.8. The Labute approximate surface area is 286 Å². The van der Waals surface area contributed by atoms with E-state index < -0.39 is 0 Å². The van der Waals surface area contributed by atoms with Crippen LogP contribution in [0.3, 0.4) is 0 Å². The van der Waals surface area contributed by atoms with Gasteiger partial charge in [-0.3, -0.25) is 4.57 Å². The van der Waals surface area contributed by atoms with Crippen LogP contribution in [0.1, 0.15) is 49.9 Å². The molecule has 0 saturated carbocycles. The summed E-state index contributed by atoms with van der Waals surface area (Å²) in [5, 5.41) is 2.42. The molecule has 3 nitrogen and oxygen atoms in total. The van der Waals surface area contributed by atoms with Gasteiger partial charge in [-0.05, 0) is 57.1 Å². The van der Waals surface area contributed by atoms with Crippen molar-refractivity contribution in [3.63, 3.8) is 0 Å². The molecule has 10 rings (SSSR count). The molecule has 0 unspecified atom stereocenters. The van der Waals surface area contributed by atoms with Gasteiger partial charge in [0.2, 0.25) is 5.95 Å². The molecule has 6 aromatic carbocycles. The van der Waals surface area contributed by atoms with Crippen LogP contribution in [0.5, 0.6) is 0 Å². The molecule has 2 aliphatic carbocycles. The van der Waals surface area contributed by atoms with Gasteiger partial charge in [0.25, 0.3) is 0 Å². The lowest BCUT2D eigenvalue weighted by atomic mass is 9.82. The van der Waals surface area contributed by atoms with E-state index in [0.717, 1.165) is 28.0 Å². The third-order valence-corrected chi connectivity index (χ3v) is 11.2. The van der Waals surface area contributed by atoms with Crippen LogP contribution in [-0.4, -0.2) is 14.5 Å². The minimum Gasteiger partial charge on any atom is -0.277 e. The summed E-state index contributed by atoms with van der Waals surface area (Å²) in [7, 11) is 0. The molecule has 0 N–H and O–H groups in total. The topological polar surface area (TPSA) is 30.7 Å². The second-order valence-electron chi connectivity index (χ2n) is 14.6. The van der Waals surface area contributed by atoms with Gasteiger partial charge in [-0.1, -0.05) is 149 Å². The Kier molecular flexibility index (Phi) is 5.69. The number of benzene rings is 6. The van der Waals surface area contributed by atoms with E-state index in [0.29, 0.717) is 5.95 Å². The van der Waals surface area contributed by atoms with Crippen molar-refractivity contribution in [3.05, 3.63) is 162 Å². The Bertz CT molecular complexity index is 2660. The zero-order chi connectivity index (χ0) is 33.1. The van der Waals surface area contributed by atoms with Crippen molar-refractivity contribution in [2.45, 2.75) is 38.5 Å². The van der Waals surface area contributed by atoms with Crippen LogP contribution in [0, 0.1) is 0 Å². The van der Waals surface area contributed by atoms with Crippen molar-refractivity contribution in [1.29, 1.82) is 0 Å². The van der Waals surface area contributed by atoms with E-state index in [9.17, 15) is 0 Å². The third-order valence-electron chi connectivity index (χ3n) is 11.2. The van der Waals surface area contributed by atoms with E-state index in [1.54, 1.807) is 0 Å². The quantitative estimate of drug-likeness (QED) is 0.195. The predicted molar refractivity (Wildman–Crippen MR) is 202 cm³/mol. The number of fused-ring (bicyclic) bond motifs is 10. The van der Waals surface area contributed by atoms with E-state index >= 15 is 0 Å². The van der Waals surface area contributed by atoms with Gasteiger partial charge in [0.05, 0.1) is 22.4 Å². The first-order chi connectivity index (χ1) is 23.8. The first kappa shape index (κ1) is 28.2. The fraction of sp³-hybridized carbons (Fsp3) is 0.130. The Morgan fingerprint density at radius 1 is 0.449 bits per heavy atom. The molecule has 0 radical (unpaired) electrons. The summed E-state index contributed by atoms with van der Waals surface area (Å²) in [6, 6.07) is 50.6. The molecule has 0 bridgehead atoms. The first-order valence-corrected chi connectivity index (χ1v) is 17.2. The highest BCUT2D eigenvalue weighted by Gasteiger charge is 2.38. The highest BCUT2D eigenvalue weighted by Crippen LogP contribution is 2.53. The van der Waals surface area contributed by atoms with Crippen LogP contribution < -0.4 is 0 Å². The lowest BCUT2D eigenvalue weighted by Crippen LogP contribution is -2.15. The number of hydrogen-bond donors (Lipinski definition) is 0. The highest BCUT2D eigenvalue weighted by atomic mass is 15.2. The normalized spacial score (nSPS) is 14.9. The Morgan fingerprint density at radius 2 is 1.06 bits per heavy atom. The maximum atomic E-state index is 5.46. The van der Waals surface area contributed by atoms with E-state index in [4.69, 9.17) is 9.97 Å². The Balaban J connectivity index is 1.28. The van der Waals surface area contributed by atoms with Gasteiger partial charge >= 0.3 is 0 Å². The second kappa shape index (κ2) is 9.87. The Hall–Kier alpha value is -5.80. The summed E-state index contributed by atoms with van der Waals surface area (Å²) in [6.45, 7) is 9.35. The van der Waals surface area contributed by atoms with Crippen molar-refractivity contribution in [1.82, 2.24) is 14.5 Å². The van der Waals surface area contributed by atoms with E-state index in [1.807, 2.05) is 0 Å². The lowest BCUT2D eigenvalue weighted by Gasteiger charge is -2.22. The summed E-state index contributed by atoms with van der Waals surface area (Å²) >= 11 is 0. The largest absolute Gasteiger partial charge is 0.277 e. The molecule has 3 heteroatoms. The van der Waals surface area contributed by atoms with Crippen LogP contribution in [0.25, 0.3) is 72.5 Å². The molecule has 0 amide bonds. The first-order valence-electron chi connectivity index (χ1n) is 17.2. The fourth-order valence-electron chi connectivity index (χ4n) is 8.75. The Morgan fingerprint density at radius 3 is 1.86 bits per heavy atom. The molecule has 49 heavy (non-hydrogen) atoms. The molecule has 234 valence electrons. The minimum absolute atomic E-state index is 0.104. The number of aromatic nitrogens is 3. The number of nitrogens with zero attached hydrogens (tertiary/aromatic N) is 3. The average molecular weight is 630 g/mol. The number of rotatable bonds is 3. The smallest absolute Gasteiger partial charge is 0.235 e. The minimum atomic E-state index is -0.117. The molecule has 8 aromatic rings. The molecule has 0 fully saturated rings. The SMILES string of the molecule is CC1(C)c2ccccc2-c2ccc(-c3cc(-c4ccccc4)nc(-n4c5ccccc5c5ccc6c(c54)-c4ccccc4C6(C)C)n3)cc21. The van der Waals surface area contributed by atoms with E-state index in [2.05, 4.69) is 172 Å². The molecule has 0 saturated heterocycles. The van der Waals surface area contributed by atoms with Gasteiger partial charge in [0.15, 0.2) is 0 Å². The standard InChI is InChI=1S/C46H35N3/c1-45(2)36-20-12-9-18-34(36)42-37(45)25-24-33-32-17-10-13-21-41(32)49(43(33)42)44-47-39(28-14-6-5-7-15-28)27-40(48-44)29-22-23-31-30-16-8-11-19-35(30)46(3,4)38(31)26-29/h5-27H,1-4H3. The fourth-order valence-corrected chi connectivity index (χ4v) is 8.75. The van der Waals surface area contributed by atoms with Crippen LogP contribution in [-0.2, 0) is 10.8 Å². The van der Waals surface area contributed by atoms with Crippen molar-refractivity contribution in [2.24, 2.45) is 0 Å². The molecule has 0 spiro atoms. The van der Waals surface area contributed by atoms with Gasteiger partial charge in [0, 0.05) is 38.3 Å². The van der Waals surface area contributed by atoms with E-state index in [-0.39, 0.29) is 10.8 Å². The summed E-state index contributed by atoms with van der Waals surface area (Å²) in [6.07, 6.45) is 0. The number of hydrogen-bond acceptors (Lipinski definition) is 2. The third kappa shape index (κ3) is 3.84. The molecule has 2 heterocycles. The summed E-state index contributed by atoms with van der Waals surface area (Å²) in [5.41, 5.74) is 16.6. The maximum Gasteiger partial charge on any atom is 0.235 e. The monoisotopic (exact) mass is 629 g/mol. The van der Waals surface area contributed by atoms with Gasteiger partial charge < -0.3 is 0 Å². The summed E-state index contributed by atoms with van der Waals surface area (Å²) in [5.74, 6) is 0.682. The van der Waals surface area contributed by atoms with Crippen LogP contribution in [0.4, 0.5) is 0 Å². The van der Waals surface area contributed by atoms with Crippen molar-refractivity contribution in [3.8, 4) is 50.7 Å². The number of para-hydroxylation sites is 1. The molecule has 0 atom stereocenters. The van der Waals surface area contributed by atoms with Crippen LogP contribution in [0.2, 0.25) is 0 Å². The van der Waals surface area contributed by atoms with Crippen LogP contribution >= 0.6 is 0 Å². The predicted octanol–water partition coefficient (Wildman–Crippen LogP) is 11.5. The maximum absolute atomic E-state index is 5.46. The molecular weight excluding hydrogens is 595 g/mol. The highest BCUT2D eigenvalue weighted by molar-refractivity contribution is 6.15. The van der Waals surface area contributed by atoms with Gasteiger partial charge in [-0.25, -0.2) is 9.97 Å². The van der Waals surface area contributed by atoms with Crippen molar-refractivity contribution in [2.75, 3.05) is 0 Å². The van der Waals surface area contributed by atoms with Gasteiger partial charge in [0.1, 0.15) is 0 Å².